The highest BCUT2D eigenvalue weighted by atomic mass is 16.6. The Morgan fingerprint density at radius 1 is 0.808 bits per heavy atom. The van der Waals surface area contributed by atoms with Gasteiger partial charge >= 0.3 is 0 Å². The van der Waals surface area contributed by atoms with E-state index in [2.05, 4.69) is 13.0 Å². The summed E-state index contributed by atoms with van der Waals surface area (Å²) in [6, 6.07) is 12.0. The van der Waals surface area contributed by atoms with E-state index in [0.717, 1.165) is 28.4 Å². The Hall–Kier alpha value is -2.46. The molecule has 0 saturated carbocycles. The van der Waals surface area contributed by atoms with Crippen molar-refractivity contribution in [1.29, 1.82) is 0 Å². The number of hydrogen-bond acceptors (Lipinski definition) is 4. The van der Waals surface area contributed by atoms with Crippen LogP contribution in [-0.2, 0) is 4.74 Å². The summed E-state index contributed by atoms with van der Waals surface area (Å²) in [6.45, 7) is 8.10. The third-order valence-electron chi connectivity index (χ3n) is 3.85. The second-order valence-corrected chi connectivity index (χ2v) is 5.99. The van der Waals surface area contributed by atoms with Crippen LogP contribution in [-0.4, -0.2) is 33.5 Å². The number of ether oxygens (including phenoxy) is 4. The zero-order chi connectivity index (χ0) is 18.8. The van der Waals surface area contributed by atoms with Crippen molar-refractivity contribution in [2.24, 2.45) is 0 Å². The molecule has 2 rings (SSSR count). The summed E-state index contributed by atoms with van der Waals surface area (Å²) in [4.78, 5) is 0. The SMILES string of the molecule is CC=Cc1ccc(OCCOCCOc2ccc(C)cc2C)c(OC)c1. The van der Waals surface area contributed by atoms with Crippen molar-refractivity contribution in [3.8, 4) is 17.2 Å². The van der Waals surface area contributed by atoms with Crippen LogP contribution in [0.2, 0.25) is 0 Å². The molecule has 0 N–H and O–H groups in total. The van der Waals surface area contributed by atoms with Gasteiger partial charge in [-0.05, 0) is 50.1 Å². The summed E-state index contributed by atoms with van der Waals surface area (Å²) in [5, 5.41) is 0. The fourth-order valence-corrected chi connectivity index (χ4v) is 2.58. The van der Waals surface area contributed by atoms with E-state index < -0.39 is 0 Å². The van der Waals surface area contributed by atoms with Crippen molar-refractivity contribution in [1.82, 2.24) is 0 Å². The number of allylic oxidation sites excluding steroid dienone is 1. The van der Waals surface area contributed by atoms with Gasteiger partial charge in [-0.2, -0.15) is 0 Å². The molecule has 0 bridgehead atoms. The average Bonchev–Trinajstić information content (AvgIpc) is 2.63. The van der Waals surface area contributed by atoms with E-state index in [0.29, 0.717) is 26.4 Å². The van der Waals surface area contributed by atoms with E-state index in [1.54, 1.807) is 7.11 Å². The van der Waals surface area contributed by atoms with Crippen molar-refractivity contribution in [3.63, 3.8) is 0 Å². The zero-order valence-electron chi connectivity index (χ0n) is 16.1. The molecule has 0 unspecified atom stereocenters. The van der Waals surface area contributed by atoms with Crippen LogP contribution >= 0.6 is 0 Å². The number of rotatable bonds is 10. The summed E-state index contributed by atoms with van der Waals surface area (Å²) < 4.78 is 22.4. The number of hydrogen-bond donors (Lipinski definition) is 0. The maximum absolute atomic E-state index is 5.74. The van der Waals surface area contributed by atoms with Crippen molar-refractivity contribution in [3.05, 3.63) is 59.2 Å². The average molecular weight is 356 g/mol. The van der Waals surface area contributed by atoms with Gasteiger partial charge in [0.1, 0.15) is 19.0 Å². The van der Waals surface area contributed by atoms with E-state index >= 15 is 0 Å². The first-order chi connectivity index (χ1) is 12.6. The summed E-state index contributed by atoms with van der Waals surface area (Å²) >= 11 is 0. The van der Waals surface area contributed by atoms with Crippen molar-refractivity contribution in [2.45, 2.75) is 20.8 Å². The van der Waals surface area contributed by atoms with E-state index in [9.17, 15) is 0 Å². The molecule has 0 aliphatic heterocycles. The molecule has 4 heteroatoms. The number of methoxy groups -OCH3 is 1. The van der Waals surface area contributed by atoms with E-state index in [1.807, 2.05) is 56.3 Å². The van der Waals surface area contributed by atoms with Gasteiger partial charge in [0.2, 0.25) is 0 Å². The minimum absolute atomic E-state index is 0.461. The van der Waals surface area contributed by atoms with Gasteiger partial charge < -0.3 is 18.9 Å². The monoisotopic (exact) mass is 356 g/mol. The fourth-order valence-electron chi connectivity index (χ4n) is 2.58. The molecule has 0 amide bonds. The Kier molecular flexibility index (Phi) is 8.03. The molecular weight excluding hydrogens is 328 g/mol. The molecule has 0 fully saturated rings. The second-order valence-electron chi connectivity index (χ2n) is 5.99. The molecule has 140 valence electrons. The van der Waals surface area contributed by atoms with Crippen LogP contribution in [0.4, 0.5) is 0 Å². The largest absolute Gasteiger partial charge is 0.493 e. The number of aryl methyl sites for hydroxylation is 2. The van der Waals surface area contributed by atoms with Gasteiger partial charge in [-0.25, -0.2) is 0 Å². The molecule has 0 aliphatic rings. The maximum atomic E-state index is 5.74. The van der Waals surface area contributed by atoms with Gasteiger partial charge in [-0.1, -0.05) is 35.9 Å². The first-order valence-electron chi connectivity index (χ1n) is 8.85. The van der Waals surface area contributed by atoms with Crippen LogP contribution in [0, 0.1) is 13.8 Å². The summed E-state index contributed by atoms with van der Waals surface area (Å²) in [6.07, 6.45) is 4.01. The highest BCUT2D eigenvalue weighted by Gasteiger charge is 2.05. The number of benzene rings is 2. The molecule has 0 spiro atoms. The van der Waals surface area contributed by atoms with Gasteiger partial charge in [0.05, 0.1) is 20.3 Å². The smallest absolute Gasteiger partial charge is 0.161 e. The van der Waals surface area contributed by atoms with Gasteiger partial charge in [-0.3, -0.25) is 0 Å². The standard InChI is InChI=1S/C22H28O4/c1-5-6-19-8-10-21(22(16-19)23-4)26-14-12-24-11-13-25-20-9-7-17(2)15-18(20)3/h5-10,15-16H,11-14H2,1-4H3. The van der Waals surface area contributed by atoms with Gasteiger partial charge in [0.25, 0.3) is 0 Å². The molecule has 0 heterocycles. The Balaban J connectivity index is 1.67. The third kappa shape index (κ3) is 6.12. The summed E-state index contributed by atoms with van der Waals surface area (Å²) in [7, 11) is 1.64. The molecule has 26 heavy (non-hydrogen) atoms. The normalized spacial score (nSPS) is 10.9. The van der Waals surface area contributed by atoms with Gasteiger partial charge in [0.15, 0.2) is 11.5 Å². The Bertz CT molecular complexity index is 722. The lowest BCUT2D eigenvalue weighted by molar-refractivity contribution is 0.0756. The van der Waals surface area contributed by atoms with Gasteiger partial charge in [-0.15, -0.1) is 0 Å². The fraction of sp³-hybridized carbons (Fsp3) is 0.364. The molecule has 0 aromatic heterocycles. The predicted molar refractivity (Wildman–Crippen MR) is 105 cm³/mol. The lowest BCUT2D eigenvalue weighted by Crippen LogP contribution is -2.12. The first kappa shape index (κ1) is 19.9. The molecule has 4 nitrogen and oxygen atoms in total. The zero-order valence-corrected chi connectivity index (χ0v) is 16.1. The second kappa shape index (κ2) is 10.5. The molecule has 0 aliphatic carbocycles. The summed E-state index contributed by atoms with van der Waals surface area (Å²) in [5.74, 6) is 2.34. The van der Waals surface area contributed by atoms with Crippen LogP contribution in [0.1, 0.15) is 23.6 Å². The Labute approximate surface area is 156 Å². The lowest BCUT2D eigenvalue weighted by atomic mass is 10.1. The minimum atomic E-state index is 0.461. The highest BCUT2D eigenvalue weighted by Crippen LogP contribution is 2.28. The van der Waals surface area contributed by atoms with E-state index in [-0.39, 0.29) is 0 Å². The quantitative estimate of drug-likeness (QED) is 0.572. The lowest BCUT2D eigenvalue weighted by Gasteiger charge is -2.12. The van der Waals surface area contributed by atoms with E-state index in [4.69, 9.17) is 18.9 Å². The topological polar surface area (TPSA) is 36.9 Å². The van der Waals surface area contributed by atoms with Crippen molar-refractivity contribution < 1.29 is 18.9 Å². The van der Waals surface area contributed by atoms with Crippen molar-refractivity contribution in [2.75, 3.05) is 33.5 Å². The van der Waals surface area contributed by atoms with Crippen molar-refractivity contribution >= 4 is 6.08 Å². The Morgan fingerprint density at radius 3 is 2.15 bits per heavy atom. The van der Waals surface area contributed by atoms with Crippen LogP contribution in [0.3, 0.4) is 0 Å². The highest BCUT2D eigenvalue weighted by molar-refractivity contribution is 5.55. The molecule has 0 radical (unpaired) electrons. The van der Waals surface area contributed by atoms with E-state index in [1.165, 1.54) is 5.56 Å². The van der Waals surface area contributed by atoms with Crippen LogP contribution in [0.15, 0.2) is 42.5 Å². The van der Waals surface area contributed by atoms with Gasteiger partial charge in [0, 0.05) is 0 Å². The van der Waals surface area contributed by atoms with Crippen LogP contribution < -0.4 is 14.2 Å². The van der Waals surface area contributed by atoms with Crippen LogP contribution in [0.25, 0.3) is 6.08 Å². The summed E-state index contributed by atoms with van der Waals surface area (Å²) in [5.41, 5.74) is 3.45. The molecule has 2 aromatic carbocycles. The molecule has 0 atom stereocenters. The molecule has 0 saturated heterocycles. The molecule has 2 aromatic rings. The third-order valence-corrected chi connectivity index (χ3v) is 3.85. The maximum Gasteiger partial charge on any atom is 0.161 e. The minimum Gasteiger partial charge on any atom is -0.493 e. The first-order valence-corrected chi connectivity index (χ1v) is 8.85. The molecular formula is C22H28O4. The van der Waals surface area contributed by atoms with Crippen LogP contribution in [0.5, 0.6) is 17.2 Å². The Morgan fingerprint density at radius 2 is 1.50 bits per heavy atom. The predicted octanol–water partition coefficient (Wildman–Crippen LogP) is 4.82.